The lowest BCUT2D eigenvalue weighted by atomic mass is 9.95. The van der Waals surface area contributed by atoms with E-state index < -0.39 is 0 Å². The van der Waals surface area contributed by atoms with Crippen molar-refractivity contribution >= 4 is 0 Å². The summed E-state index contributed by atoms with van der Waals surface area (Å²) in [6, 6.07) is 14.7. The molecule has 2 aromatic carbocycles. The van der Waals surface area contributed by atoms with Gasteiger partial charge in [-0.1, -0.05) is 36.8 Å². The quantitative estimate of drug-likeness (QED) is 0.816. The van der Waals surface area contributed by atoms with E-state index >= 15 is 0 Å². The van der Waals surface area contributed by atoms with E-state index in [1.165, 1.54) is 6.07 Å². The van der Waals surface area contributed by atoms with Crippen LogP contribution in [-0.2, 0) is 0 Å². The summed E-state index contributed by atoms with van der Waals surface area (Å²) in [5.74, 6) is 1.29. The van der Waals surface area contributed by atoms with Crippen LogP contribution in [0.25, 0.3) is 0 Å². The Morgan fingerprint density at radius 1 is 1.04 bits per heavy atom. The topological polar surface area (TPSA) is 21.7 Å². The number of halogens is 1. The van der Waals surface area contributed by atoms with Crippen LogP contribution in [0.3, 0.4) is 0 Å². The molecular weight excluding hydrogens is 293 g/mol. The molecule has 23 heavy (non-hydrogen) atoms. The first-order valence-electron chi connectivity index (χ1n) is 8.04. The molecule has 1 unspecified atom stereocenters. The zero-order chi connectivity index (χ0) is 16.1. The first-order chi connectivity index (χ1) is 11.3. The minimum Gasteiger partial charge on any atom is -0.493 e. The third-order valence-electron chi connectivity index (χ3n) is 4.33. The van der Waals surface area contributed by atoms with E-state index in [4.69, 9.17) is 9.47 Å². The van der Waals surface area contributed by atoms with Gasteiger partial charge in [-0.15, -0.1) is 0 Å². The van der Waals surface area contributed by atoms with Crippen LogP contribution >= 0.6 is 0 Å². The highest BCUT2D eigenvalue weighted by atomic mass is 19.1. The molecule has 4 heteroatoms. The second-order valence-electron chi connectivity index (χ2n) is 5.77. The van der Waals surface area contributed by atoms with Crippen LogP contribution in [-0.4, -0.2) is 25.3 Å². The van der Waals surface area contributed by atoms with Gasteiger partial charge in [0.2, 0.25) is 0 Å². The number of benzene rings is 2. The Kier molecular flexibility index (Phi) is 5.13. The maximum Gasteiger partial charge on any atom is 0.163 e. The molecule has 1 aliphatic heterocycles. The molecule has 0 amide bonds. The van der Waals surface area contributed by atoms with Crippen molar-refractivity contribution in [2.75, 3.05) is 20.4 Å². The fraction of sp³-hybridized carbons (Fsp3) is 0.368. The SMILES string of the molecule is COc1ccccc1OCN1CCCCC1c1ccccc1F. The van der Waals surface area contributed by atoms with Crippen molar-refractivity contribution in [1.29, 1.82) is 0 Å². The Bertz CT molecular complexity index is 647. The zero-order valence-corrected chi connectivity index (χ0v) is 13.4. The average molecular weight is 315 g/mol. The highest BCUT2D eigenvalue weighted by molar-refractivity contribution is 5.39. The van der Waals surface area contributed by atoms with Gasteiger partial charge in [-0.25, -0.2) is 4.39 Å². The smallest absolute Gasteiger partial charge is 0.163 e. The van der Waals surface area contributed by atoms with Crippen molar-refractivity contribution in [2.45, 2.75) is 25.3 Å². The van der Waals surface area contributed by atoms with Crippen LogP contribution < -0.4 is 9.47 Å². The van der Waals surface area contributed by atoms with Crippen molar-refractivity contribution < 1.29 is 13.9 Å². The Labute approximate surface area is 136 Å². The number of para-hydroxylation sites is 2. The van der Waals surface area contributed by atoms with E-state index in [2.05, 4.69) is 4.90 Å². The van der Waals surface area contributed by atoms with Gasteiger partial charge in [-0.2, -0.15) is 0 Å². The number of methoxy groups -OCH3 is 1. The highest BCUT2D eigenvalue weighted by Crippen LogP contribution is 2.33. The van der Waals surface area contributed by atoms with Crippen molar-refractivity contribution in [2.24, 2.45) is 0 Å². The second kappa shape index (κ2) is 7.47. The van der Waals surface area contributed by atoms with Crippen molar-refractivity contribution in [1.82, 2.24) is 4.90 Å². The van der Waals surface area contributed by atoms with Gasteiger partial charge in [0.25, 0.3) is 0 Å². The van der Waals surface area contributed by atoms with Gasteiger partial charge in [0, 0.05) is 18.2 Å². The molecule has 1 atom stereocenters. The highest BCUT2D eigenvalue weighted by Gasteiger charge is 2.26. The maximum atomic E-state index is 14.1. The Morgan fingerprint density at radius 3 is 2.57 bits per heavy atom. The molecule has 0 radical (unpaired) electrons. The molecular formula is C19H22FNO2. The number of rotatable bonds is 5. The van der Waals surface area contributed by atoms with Crippen LogP contribution in [0.15, 0.2) is 48.5 Å². The Hall–Kier alpha value is -2.07. The molecule has 1 aliphatic rings. The van der Waals surface area contributed by atoms with Crippen LogP contribution in [0, 0.1) is 5.82 Å². The van der Waals surface area contributed by atoms with Gasteiger partial charge in [-0.05, 0) is 31.0 Å². The van der Waals surface area contributed by atoms with E-state index in [9.17, 15) is 4.39 Å². The first-order valence-corrected chi connectivity index (χ1v) is 8.04. The first kappa shape index (κ1) is 15.8. The van der Waals surface area contributed by atoms with E-state index in [1.807, 2.05) is 36.4 Å². The van der Waals surface area contributed by atoms with E-state index in [0.717, 1.165) is 31.4 Å². The molecule has 0 saturated carbocycles. The number of nitrogens with zero attached hydrogens (tertiary/aromatic N) is 1. The summed E-state index contributed by atoms with van der Waals surface area (Å²) >= 11 is 0. The predicted molar refractivity (Wildman–Crippen MR) is 88.2 cm³/mol. The molecule has 1 heterocycles. The molecule has 3 nitrogen and oxygen atoms in total. The molecule has 122 valence electrons. The van der Waals surface area contributed by atoms with E-state index in [0.29, 0.717) is 18.2 Å². The largest absolute Gasteiger partial charge is 0.493 e. The van der Waals surface area contributed by atoms with Gasteiger partial charge >= 0.3 is 0 Å². The molecule has 0 aromatic heterocycles. The number of piperidine rings is 1. The van der Waals surface area contributed by atoms with Crippen molar-refractivity contribution in [3.05, 3.63) is 59.9 Å². The normalized spacial score (nSPS) is 18.6. The molecule has 0 N–H and O–H groups in total. The molecule has 1 fully saturated rings. The molecule has 2 aromatic rings. The molecule has 3 rings (SSSR count). The monoisotopic (exact) mass is 315 g/mol. The fourth-order valence-corrected chi connectivity index (χ4v) is 3.13. The number of hydrogen-bond donors (Lipinski definition) is 0. The van der Waals surface area contributed by atoms with Gasteiger partial charge in [0.05, 0.1) is 7.11 Å². The zero-order valence-electron chi connectivity index (χ0n) is 13.4. The third-order valence-corrected chi connectivity index (χ3v) is 4.33. The second-order valence-corrected chi connectivity index (χ2v) is 5.77. The number of likely N-dealkylation sites (tertiary alicyclic amines) is 1. The molecule has 1 saturated heterocycles. The van der Waals surface area contributed by atoms with Crippen molar-refractivity contribution in [3.63, 3.8) is 0 Å². The Morgan fingerprint density at radius 2 is 1.78 bits per heavy atom. The number of hydrogen-bond acceptors (Lipinski definition) is 3. The Balaban J connectivity index is 1.73. The standard InChI is InChI=1S/C19H22FNO2/c1-22-18-11-4-5-12-19(18)23-14-21-13-7-6-10-17(21)15-8-2-3-9-16(15)20/h2-5,8-9,11-12,17H,6-7,10,13-14H2,1H3. The van der Waals surface area contributed by atoms with Crippen LogP contribution in [0.1, 0.15) is 30.9 Å². The third kappa shape index (κ3) is 3.64. The summed E-state index contributed by atoms with van der Waals surface area (Å²) in [6.45, 7) is 1.34. The van der Waals surface area contributed by atoms with Gasteiger partial charge in [0.15, 0.2) is 11.5 Å². The van der Waals surface area contributed by atoms with Crippen LogP contribution in [0.4, 0.5) is 4.39 Å². The van der Waals surface area contributed by atoms with Crippen LogP contribution in [0.2, 0.25) is 0 Å². The van der Waals surface area contributed by atoms with Gasteiger partial charge in [-0.3, -0.25) is 4.90 Å². The van der Waals surface area contributed by atoms with E-state index in [-0.39, 0.29) is 11.9 Å². The summed E-state index contributed by atoms with van der Waals surface area (Å²) in [4.78, 5) is 2.20. The summed E-state index contributed by atoms with van der Waals surface area (Å²) in [5.41, 5.74) is 0.760. The maximum absolute atomic E-state index is 14.1. The van der Waals surface area contributed by atoms with E-state index in [1.54, 1.807) is 13.2 Å². The summed E-state index contributed by atoms with van der Waals surface area (Å²) in [7, 11) is 1.63. The minimum absolute atomic E-state index is 0.0691. The molecule has 0 aliphatic carbocycles. The fourth-order valence-electron chi connectivity index (χ4n) is 3.13. The van der Waals surface area contributed by atoms with Crippen LogP contribution in [0.5, 0.6) is 11.5 Å². The lowest BCUT2D eigenvalue weighted by Gasteiger charge is -2.35. The average Bonchev–Trinajstić information content (AvgIpc) is 2.61. The van der Waals surface area contributed by atoms with Crippen molar-refractivity contribution in [3.8, 4) is 11.5 Å². The summed E-state index contributed by atoms with van der Waals surface area (Å²) in [6.07, 6.45) is 3.18. The van der Waals surface area contributed by atoms with Gasteiger partial charge in [0.1, 0.15) is 12.5 Å². The molecule has 0 spiro atoms. The predicted octanol–water partition coefficient (Wildman–Crippen LogP) is 4.40. The lowest BCUT2D eigenvalue weighted by Crippen LogP contribution is -2.36. The summed E-state index contributed by atoms with van der Waals surface area (Å²) in [5, 5.41) is 0. The number of ether oxygens (including phenoxy) is 2. The minimum atomic E-state index is -0.137. The lowest BCUT2D eigenvalue weighted by molar-refractivity contribution is 0.0546. The molecule has 0 bridgehead atoms. The van der Waals surface area contributed by atoms with Gasteiger partial charge < -0.3 is 9.47 Å². The summed E-state index contributed by atoms with van der Waals surface area (Å²) < 4.78 is 25.4.